The van der Waals surface area contributed by atoms with Gasteiger partial charge in [-0.25, -0.2) is 9.59 Å². The molecule has 7 nitrogen and oxygen atoms in total. The molecule has 1 saturated carbocycles. The first-order chi connectivity index (χ1) is 13.4. The molecule has 150 valence electrons. The average molecular weight is 385 g/mol. The van der Waals surface area contributed by atoms with E-state index in [1.165, 1.54) is 16.6 Å². The number of aromatic nitrogens is 1. The minimum atomic E-state index is -0.526. The molecule has 1 heterocycles. The van der Waals surface area contributed by atoms with Gasteiger partial charge in [-0.05, 0) is 50.3 Å². The molecule has 0 spiro atoms. The van der Waals surface area contributed by atoms with Crippen LogP contribution in [0.3, 0.4) is 0 Å². The summed E-state index contributed by atoms with van der Waals surface area (Å²) >= 11 is 0. The summed E-state index contributed by atoms with van der Waals surface area (Å²) < 4.78 is 6.33. The van der Waals surface area contributed by atoms with Crippen molar-refractivity contribution in [2.75, 3.05) is 27.7 Å². The Morgan fingerprint density at radius 3 is 2.39 bits per heavy atom. The van der Waals surface area contributed by atoms with Crippen molar-refractivity contribution in [1.29, 1.82) is 0 Å². The van der Waals surface area contributed by atoms with Gasteiger partial charge >= 0.3 is 12.0 Å². The maximum absolute atomic E-state index is 13.4. The highest BCUT2D eigenvalue weighted by atomic mass is 16.5. The number of methoxy groups -OCH3 is 1. The molecule has 2 N–H and O–H groups in total. The quantitative estimate of drug-likeness (QED) is 0.645. The van der Waals surface area contributed by atoms with Crippen molar-refractivity contribution < 1.29 is 19.1 Å². The summed E-state index contributed by atoms with van der Waals surface area (Å²) in [6, 6.07) is 4.78. The molecule has 2 aromatic rings. The summed E-state index contributed by atoms with van der Waals surface area (Å²) in [7, 11) is 4.60. The Morgan fingerprint density at radius 2 is 1.82 bits per heavy atom. The molecule has 0 radical (unpaired) electrons. The Kier molecular flexibility index (Phi) is 5.84. The van der Waals surface area contributed by atoms with Crippen molar-refractivity contribution in [1.82, 2.24) is 9.47 Å². The van der Waals surface area contributed by atoms with E-state index < -0.39 is 5.97 Å². The number of hydrogen-bond donors (Lipinski definition) is 1. The summed E-state index contributed by atoms with van der Waals surface area (Å²) in [5.41, 5.74) is 6.99. The molecule has 1 fully saturated rings. The lowest BCUT2D eigenvalue weighted by atomic mass is 9.78. The zero-order chi connectivity index (χ0) is 20.4. The highest BCUT2D eigenvalue weighted by Crippen LogP contribution is 2.34. The molecule has 1 aromatic carbocycles. The third-order valence-corrected chi connectivity index (χ3v) is 5.64. The van der Waals surface area contributed by atoms with E-state index in [4.69, 9.17) is 10.5 Å². The molecule has 0 atom stereocenters. The zero-order valence-corrected chi connectivity index (χ0v) is 16.6. The second-order valence-electron chi connectivity index (χ2n) is 7.60. The SMILES string of the molecule is COC(=O)c1cccc2c1c(C(=O)C1CCC(CN)CC1)cn2C(=O)N(C)C. The van der Waals surface area contributed by atoms with E-state index in [-0.39, 0.29) is 17.7 Å². The van der Waals surface area contributed by atoms with E-state index >= 15 is 0 Å². The van der Waals surface area contributed by atoms with Crippen LogP contribution in [0.25, 0.3) is 10.9 Å². The molecule has 0 aliphatic heterocycles. The number of benzene rings is 1. The van der Waals surface area contributed by atoms with Crippen LogP contribution in [0.1, 0.15) is 46.4 Å². The van der Waals surface area contributed by atoms with Gasteiger partial charge in [-0.2, -0.15) is 0 Å². The number of ketones is 1. The Morgan fingerprint density at radius 1 is 1.14 bits per heavy atom. The van der Waals surface area contributed by atoms with Gasteiger partial charge in [-0.1, -0.05) is 6.07 Å². The van der Waals surface area contributed by atoms with E-state index in [1.54, 1.807) is 38.5 Å². The number of amides is 1. The zero-order valence-electron chi connectivity index (χ0n) is 16.6. The van der Waals surface area contributed by atoms with E-state index in [2.05, 4.69) is 0 Å². The fourth-order valence-corrected chi connectivity index (χ4v) is 4.01. The minimum absolute atomic E-state index is 0.0258. The van der Waals surface area contributed by atoms with Crippen LogP contribution in [0.2, 0.25) is 0 Å². The largest absolute Gasteiger partial charge is 0.465 e. The molecule has 1 amide bonds. The van der Waals surface area contributed by atoms with Crippen LogP contribution in [-0.4, -0.2) is 55.0 Å². The molecule has 0 bridgehead atoms. The first-order valence-electron chi connectivity index (χ1n) is 9.57. The van der Waals surface area contributed by atoms with Crippen molar-refractivity contribution >= 4 is 28.7 Å². The maximum Gasteiger partial charge on any atom is 0.338 e. The van der Waals surface area contributed by atoms with Gasteiger partial charge in [0.05, 0.1) is 18.2 Å². The van der Waals surface area contributed by atoms with Crippen LogP contribution >= 0.6 is 0 Å². The highest BCUT2D eigenvalue weighted by Gasteiger charge is 2.31. The van der Waals surface area contributed by atoms with Crippen LogP contribution in [0.15, 0.2) is 24.4 Å². The van der Waals surface area contributed by atoms with Crippen molar-refractivity contribution in [2.24, 2.45) is 17.6 Å². The Bertz CT molecular complexity index is 908. The molecule has 3 rings (SSSR count). The van der Waals surface area contributed by atoms with Crippen molar-refractivity contribution in [3.8, 4) is 0 Å². The number of rotatable bonds is 4. The third kappa shape index (κ3) is 3.54. The van der Waals surface area contributed by atoms with Gasteiger partial charge in [0.25, 0.3) is 0 Å². The van der Waals surface area contributed by atoms with Crippen molar-refractivity contribution in [2.45, 2.75) is 25.7 Å². The van der Waals surface area contributed by atoms with Gasteiger partial charge < -0.3 is 15.4 Å². The van der Waals surface area contributed by atoms with Gasteiger partial charge in [0.2, 0.25) is 0 Å². The normalized spacial score (nSPS) is 19.4. The fraction of sp³-hybridized carbons (Fsp3) is 0.476. The first-order valence-corrected chi connectivity index (χ1v) is 9.57. The molecule has 1 aliphatic rings. The lowest BCUT2D eigenvalue weighted by molar-refractivity contribution is 0.0603. The molecule has 1 aliphatic carbocycles. The van der Waals surface area contributed by atoms with Gasteiger partial charge in [-0.15, -0.1) is 0 Å². The summed E-state index contributed by atoms with van der Waals surface area (Å²) in [5.74, 6) is -0.211. The molecule has 0 unspecified atom stereocenters. The number of carbonyl (C=O) groups is 3. The molecular weight excluding hydrogens is 358 g/mol. The first kappa shape index (κ1) is 20.1. The Hall–Kier alpha value is -2.67. The number of carbonyl (C=O) groups excluding carboxylic acids is 3. The predicted octanol–water partition coefficient (Wildman–Crippen LogP) is 2.91. The number of ether oxygens (including phenoxy) is 1. The summed E-state index contributed by atoms with van der Waals surface area (Å²) in [6.45, 7) is 0.643. The molecule has 0 saturated heterocycles. The van der Waals surface area contributed by atoms with Crippen LogP contribution in [-0.2, 0) is 4.74 Å². The van der Waals surface area contributed by atoms with Crippen molar-refractivity contribution in [3.63, 3.8) is 0 Å². The smallest absolute Gasteiger partial charge is 0.338 e. The van der Waals surface area contributed by atoms with Crippen LogP contribution < -0.4 is 5.73 Å². The number of Topliss-reactive ketones (excluding diaryl/α,β-unsaturated/α-hetero) is 1. The number of fused-ring (bicyclic) bond motifs is 1. The topological polar surface area (TPSA) is 94.6 Å². The Labute approximate surface area is 164 Å². The number of esters is 1. The second-order valence-corrected chi connectivity index (χ2v) is 7.60. The van der Waals surface area contributed by atoms with Gasteiger partial charge in [0, 0.05) is 37.2 Å². The second kappa shape index (κ2) is 8.14. The summed E-state index contributed by atoms with van der Waals surface area (Å²) in [6.07, 6.45) is 4.96. The maximum atomic E-state index is 13.4. The van der Waals surface area contributed by atoms with E-state index in [9.17, 15) is 14.4 Å². The monoisotopic (exact) mass is 385 g/mol. The molecule has 28 heavy (non-hydrogen) atoms. The molecule has 7 heteroatoms. The standard InChI is InChI=1S/C21H27N3O4/c1-23(2)21(27)24-12-16(19(25)14-9-7-13(11-22)8-10-14)18-15(20(26)28-3)5-4-6-17(18)24/h4-6,12-14H,7-11,22H2,1-3H3. The highest BCUT2D eigenvalue weighted by molar-refractivity contribution is 6.17. The van der Waals surface area contributed by atoms with Crippen molar-refractivity contribution in [3.05, 3.63) is 35.5 Å². The van der Waals surface area contributed by atoms with E-state index in [0.29, 0.717) is 34.5 Å². The van der Waals surface area contributed by atoms with Crippen LogP contribution in [0.5, 0.6) is 0 Å². The van der Waals surface area contributed by atoms with Gasteiger partial charge in [-0.3, -0.25) is 9.36 Å². The lowest BCUT2D eigenvalue weighted by Gasteiger charge is -2.26. The molecule has 1 aromatic heterocycles. The fourth-order valence-electron chi connectivity index (χ4n) is 4.01. The van der Waals surface area contributed by atoms with Gasteiger partial charge in [0.1, 0.15) is 0 Å². The predicted molar refractivity (Wildman–Crippen MR) is 107 cm³/mol. The summed E-state index contributed by atoms with van der Waals surface area (Å²) in [5, 5.41) is 0.482. The summed E-state index contributed by atoms with van der Waals surface area (Å²) in [4.78, 5) is 39.8. The average Bonchev–Trinajstić information content (AvgIpc) is 3.11. The number of nitrogens with two attached hydrogens (primary N) is 1. The number of nitrogens with zero attached hydrogens (tertiary/aromatic N) is 2. The lowest BCUT2D eigenvalue weighted by Crippen LogP contribution is -2.27. The van der Waals surface area contributed by atoms with Crippen LogP contribution in [0.4, 0.5) is 4.79 Å². The van der Waals surface area contributed by atoms with E-state index in [0.717, 1.165) is 25.7 Å². The minimum Gasteiger partial charge on any atom is -0.465 e. The third-order valence-electron chi connectivity index (χ3n) is 5.64. The molecular formula is C21H27N3O4. The Balaban J connectivity index is 2.11. The number of hydrogen-bond acceptors (Lipinski definition) is 5. The van der Waals surface area contributed by atoms with Gasteiger partial charge in [0.15, 0.2) is 5.78 Å². The van der Waals surface area contributed by atoms with E-state index in [1.807, 2.05) is 0 Å². The van der Waals surface area contributed by atoms with Crippen LogP contribution in [0, 0.1) is 11.8 Å².